The molecule has 0 unspecified atom stereocenters. The van der Waals surface area contributed by atoms with E-state index >= 15 is 0 Å². The van der Waals surface area contributed by atoms with E-state index in [1.54, 1.807) is 17.8 Å². The molecule has 28 heavy (non-hydrogen) atoms. The van der Waals surface area contributed by atoms with Crippen molar-refractivity contribution in [1.82, 2.24) is 29.5 Å². The first kappa shape index (κ1) is 18.6. The molecule has 3 heterocycles. The molecule has 0 amide bonds. The molecule has 0 aliphatic carbocycles. The Kier molecular flexibility index (Phi) is 5.40. The Balaban J connectivity index is 1.61. The number of imidazole rings is 1. The van der Waals surface area contributed by atoms with E-state index in [1.165, 1.54) is 0 Å². The van der Waals surface area contributed by atoms with E-state index in [1.807, 2.05) is 24.3 Å². The fourth-order valence-corrected chi connectivity index (χ4v) is 3.28. The maximum atomic E-state index is 5.25. The minimum atomic E-state index is 0.123. The summed E-state index contributed by atoms with van der Waals surface area (Å²) in [4.78, 5) is 17.1. The molecule has 9 nitrogen and oxygen atoms in total. The zero-order valence-electron chi connectivity index (χ0n) is 15.6. The summed E-state index contributed by atoms with van der Waals surface area (Å²) in [5.74, 6) is 1.91. The Hall–Kier alpha value is -2.72. The van der Waals surface area contributed by atoms with Crippen LogP contribution in [0.5, 0.6) is 0 Å². The predicted octanol–water partition coefficient (Wildman–Crippen LogP) is 3.21. The topological polar surface area (TPSA) is 105 Å². The van der Waals surface area contributed by atoms with Crippen LogP contribution in [0.25, 0.3) is 16.7 Å². The molecule has 3 N–H and O–H groups in total. The number of rotatable bonds is 8. The van der Waals surface area contributed by atoms with E-state index in [-0.39, 0.29) is 6.04 Å². The first-order valence-corrected chi connectivity index (χ1v) is 9.81. The van der Waals surface area contributed by atoms with Gasteiger partial charge in [-0.3, -0.25) is 0 Å². The lowest BCUT2D eigenvalue weighted by molar-refractivity contribution is 0.184. The Morgan fingerprint density at radius 1 is 1.25 bits per heavy atom. The van der Waals surface area contributed by atoms with Gasteiger partial charge in [-0.25, -0.2) is 4.98 Å². The van der Waals surface area contributed by atoms with Crippen molar-refractivity contribution in [3.8, 4) is 0 Å². The largest absolute Gasteiger partial charge is 0.383 e. The first-order valence-electron chi connectivity index (χ1n) is 9.02. The lowest BCUT2D eigenvalue weighted by Gasteiger charge is -2.16. The molecule has 10 heteroatoms. The second-order valence-electron chi connectivity index (χ2n) is 6.36. The molecule has 0 radical (unpaired) electrons. The number of hydrogen-bond acceptors (Lipinski definition) is 7. The molecule has 4 rings (SSSR count). The molecule has 146 valence electrons. The number of para-hydroxylation sites is 2. The number of fused-ring (bicyclic) bond motifs is 2. The van der Waals surface area contributed by atoms with Crippen LogP contribution >= 0.6 is 15.9 Å². The van der Waals surface area contributed by atoms with E-state index in [4.69, 9.17) is 4.74 Å². The maximum absolute atomic E-state index is 5.25. The molecular weight excluding hydrogens is 424 g/mol. The molecule has 0 fully saturated rings. The number of methoxy groups -OCH3 is 1. The van der Waals surface area contributed by atoms with Crippen LogP contribution in [0.2, 0.25) is 0 Å². The number of anilines is 2. The van der Waals surface area contributed by atoms with Crippen LogP contribution in [-0.4, -0.2) is 49.3 Å². The summed E-state index contributed by atoms with van der Waals surface area (Å²) in [6, 6.07) is 8.05. The lowest BCUT2D eigenvalue weighted by atomic mass is 10.2. The summed E-state index contributed by atoms with van der Waals surface area (Å²) in [5, 5.41) is 11.0. The maximum Gasteiger partial charge on any atom is 0.229 e. The zero-order chi connectivity index (χ0) is 19.5. The van der Waals surface area contributed by atoms with Crippen LogP contribution in [0.1, 0.15) is 19.2 Å². The first-order chi connectivity index (χ1) is 13.7. The highest BCUT2D eigenvalue weighted by Gasteiger charge is 2.15. The van der Waals surface area contributed by atoms with Gasteiger partial charge in [0.15, 0.2) is 5.65 Å². The summed E-state index contributed by atoms with van der Waals surface area (Å²) < 4.78 is 7.71. The summed E-state index contributed by atoms with van der Waals surface area (Å²) in [5.41, 5.74) is 2.61. The summed E-state index contributed by atoms with van der Waals surface area (Å²) >= 11 is 3.50. The van der Waals surface area contributed by atoms with Gasteiger partial charge in [-0.05, 0) is 34.5 Å². The third kappa shape index (κ3) is 3.78. The average molecular weight is 445 g/mol. The molecule has 0 aliphatic rings. The van der Waals surface area contributed by atoms with Gasteiger partial charge in [0.1, 0.15) is 5.82 Å². The molecule has 0 saturated carbocycles. The number of nitrogens with zero attached hydrogens (tertiary/aromatic N) is 5. The lowest BCUT2D eigenvalue weighted by Crippen LogP contribution is -2.25. The van der Waals surface area contributed by atoms with Gasteiger partial charge in [0, 0.05) is 7.11 Å². The standard InChI is InChI=1S/C18H21BrN8O/c1-3-11(10-28-2)22-17-25-16-12(19)8-21-27(16)18(26-17)20-9-15-23-13-6-4-5-7-14(13)24-15/h4-8,11H,3,9-10H2,1-2H3,(H,23,24)(H2,20,22,25,26)/t11-/m1/s1. The molecule has 0 saturated heterocycles. The van der Waals surface area contributed by atoms with Crippen LogP contribution in [0, 0.1) is 0 Å². The van der Waals surface area contributed by atoms with Gasteiger partial charge in [0.2, 0.25) is 11.9 Å². The van der Waals surface area contributed by atoms with Crippen molar-refractivity contribution < 1.29 is 4.74 Å². The smallest absolute Gasteiger partial charge is 0.229 e. The summed E-state index contributed by atoms with van der Waals surface area (Å²) in [6.07, 6.45) is 2.59. The SMILES string of the molecule is CC[C@H](COC)Nc1nc(NCc2nc3ccccc3[nH]2)n2ncc(Br)c2n1. The minimum Gasteiger partial charge on any atom is -0.383 e. The fourth-order valence-electron chi connectivity index (χ4n) is 2.93. The Labute approximate surface area is 170 Å². The second kappa shape index (κ2) is 8.11. The number of halogens is 1. The van der Waals surface area contributed by atoms with Gasteiger partial charge in [0.05, 0.1) is 40.9 Å². The van der Waals surface area contributed by atoms with Crippen LogP contribution in [-0.2, 0) is 11.3 Å². The van der Waals surface area contributed by atoms with E-state index in [0.29, 0.717) is 30.7 Å². The summed E-state index contributed by atoms with van der Waals surface area (Å²) in [7, 11) is 1.68. The number of aromatic nitrogens is 6. The molecule has 1 aromatic carbocycles. The van der Waals surface area contributed by atoms with Crippen molar-refractivity contribution in [3.05, 3.63) is 40.8 Å². The third-order valence-electron chi connectivity index (χ3n) is 4.37. The fraction of sp³-hybridized carbons (Fsp3) is 0.333. The Morgan fingerprint density at radius 2 is 2.11 bits per heavy atom. The highest BCUT2D eigenvalue weighted by Crippen LogP contribution is 2.21. The van der Waals surface area contributed by atoms with E-state index in [0.717, 1.165) is 27.8 Å². The molecule has 1 atom stereocenters. The second-order valence-corrected chi connectivity index (χ2v) is 7.21. The van der Waals surface area contributed by atoms with Crippen molar-refractivity contribution in [2.24, 2.45) is 0 Å². The number of hydrogen-bond donors (Lipinski definition) is 3. The van der Waals surface area contributed by atoms with Gasteiger partial charge >= 0.3 is 0 Å². The van der Waals surface area contributed by atoms with Crippen LogP contribution in [0.4, 0.5) is 11.9 Å². The van der Waals surface area contributed by atoms with Gasteiger partial charge in [-0.15, -0.1) is 0 Å². The van der Waals surface area contributed by atoms with Gasteiger partial charge in [-0.2, -0.15) is 19.6 Å². The quantitative estimate of drug-likeness (QED) is 0.383. The summed E-state index contributed by atoms with van der Waals surface area (Å²) in [6.45, 7) is 3.14. The number of nitrogens with one attached hydrogen (secondary N) is 3. The molecule has 0 spiro atoms. The van der Waals surface area contributed by atoms with Crippen LogP contribution in [0.3, 0.4) is 0 Å². The van der Waals surface area contributed by atoms with Crippen molar-refractivity contribution in [3.63, 3.8) is 0 Å². The highest BCUT2D eigenvalue weighted by molar-refractivity contribution is 9.10. The van der Waals surface area contributed by atoms with Crippen molar-refractivity contribution in [2.75, 3.05) is 24.4 Å². The van der Waals surface area contributed by atoms with Gasteiger partial charge in [-0.1, -0.05) is 19.1 Å². The molecule has 0 aliphatic heterocycles. The predicted molar refractivity (Wildman–Crippen MR) is 111 cm³/mol. The normalized spacial score (nSPS) is 12.5. The number of aromatic amines is 1. The number of H-pyrrole nitrogens is 1. The highest BCUT2D eigenvalue weighted by atomic mass is 79.9. The van der Waals surface area contributed by atoms with E-state index < -0.39 is 0 Å². The monoisotopic (exact) mass is 444 g/mol. The molecule has 3 aromatic heterocycles. The van der Waals surface area contributed by atoms with Crippen molar-refractivity contribution in [2.45, 2.75) is 25.9 Å². The minimum absolute atomic E-state index is 0.123. The molecular formula is C18H21BrN8O. The Bertz CT molecular complexity index is 1060. The number of ether oxygens (including phenoxy) is 1. The van der Waals surface area contributed by atoms with E-state index in [2.05, 4.69) is 58.5 Å². The van der Waals surface area contributed by atoms with Crippen LogP contribution < -0.4 is 10.6 Å². The molecule has 4 aromatic rings. The Morgan fingerprint density at radius 3 is 2.89 bits per heavy atom. The van der Waals surface area contributed by atoms with E-state index in [9.17, 15) is 0 Å². The zero-order valence-corrected chi connectivity index (χ0v) is 17.2. The van der Waals surface area contributed by atoms with Gasteiger partial charge < -0.3 is 20.4 Å². The third-order valence-corrected chi connectivity index (χ3v) is 4.93. The number of benzene rings is 1. The molecule has 0 bridgehead atoms. The van der Waals surface area contributed by atoms with Crippen molar-refractivity contribution >= 4 is 44.5 Å². The average Bonchev–Trinajstić information content (AvgIpc) is 3.29. The van der Waals surface area contributed by atoms with Crippen LogP contribution in [0.15, 0.2) is 34.9 Å². The van der Waals surface area contributed by atoms with Crippen molar-refractivity contribution in [1.29, 1.82) is 0 Å². The van der Waals surface area contributed by atoms with Gasteiger partial charge in [0.25, 0.3) is 0 Å².